The van der Waals surface area contributed by atoms with Gasteiger partial charge in [-0.1, -0.05) is 0 Å². The molecule has 1 fully saturated rings. The number of aromatic nitrogens is 1. The molecule has 1 aliphatic rings. The van der Waals surface area contributed by atoms with Gasteiger partial charge in [0.25, 0.3) is 0 Å². The molecule has 100 valence electrons. The molecule has 1 saturated heterocycles. The van der Waals surface area contributed by atoms with Crippen molar-refractivity contribution in [3.63, 3.8) is 0 Å². The van der Waals surface area contributed by atoms with Crippen LogP contribution in [0.2, 0.25) is 0 Å². The van der Waals surface area contributed by atoms with Gasteiger partial charge in [0.15, 0.2) is 0 Å². The summed E-state index contributed by atoms with van der Waals surface area (Å²) in [6.45, 7) is 4.33. The minimum absolute atomic E-state index is 0.0781. The maximum absolute atomic E-state index is 9.27. The number of nitrogens with zero attached hydrogens (tertiary/aromatic N) is 3. The van der Waals surface area contributed by atoms with E-state index in [9.17, 15) is 5.11 Å². The molecule has 1 aromatic rings. The number of anilines is 1. The van der Waals surface area contributed by atoms with Crippen LogP contribution in [0, 0.1) is 6.92 Å². The molecule has 4 heteroatoms. The van der Waals surface area contributed by atoms with Crippen LogP contribution in [0.4, 0.5) is 5.82 Å². The van der Waals surface area contributed by atoms with Gasteiger partial charge >= 0.3 is 0 Å². The van der Waals surface area contributed by atoms with Crippen LogP contribution in [0.1, 0.15) is 24.1 Å². The first kappa shape index (κ1) is 13.3. The third kappa shape index (κ3) is 3.00. The Balaban J connectivity index is 2.16. The Bertz CT molecular complexity index is 408. The SMILES string of the molecule is Cc1cc(CO)cc(N(C)C2CCCN(C)C2)n1. The molecule has 0 spiro atoms. The number of hydrogen-bond donors (Lipinski definition) is 1. The van der Waals surface area contributed by atoms with Gasteiger partial charge in [-0.3, -0.25) is 0 Å². The van der Waals surface area contributed by atoms with Crippen molar-refractivity contribution in [1.82, 2.24) is 9.88 Å². The van der Waals surface area contributed by atoms with E-state index in [0.717, 1.165) is 23.6 Å². The summed E-state index contributed by atoms with van der Waals surface area (Å²) in [6.07, 6.45) is 2.45. The molecule has 2 rings (SSSR count). The van der Waals surface area contributed by atoms with Crippen molar-refractivity contribution in [3.05, 3.63) is 23.4 Å². The van der Waals surface area contributed by atoms with E-state index in [2.05, 4.69) is 28.9 Å². The molecule has 0 radical (unpaired) electrons. The molecular formula is C14H23N3O. The Morgan fingerprint density at radius 3 is 2.94 bits per heavy atom. The fourth-order valence-electron chi connectivity index (χ4n) is 2.64. The molecule has 18 heavy (non-hydrogen) atoms. The van der Waals surface area contributed by atoms with Crippen LogP contribution >= 0.6 is 0 Å². The summed E-state index contributed by atoms with van der Waals surface area (Å²) in [5.41, 5.74) is 1.90. The summed E-state index contributed by atoms with van der Waals surface area (Å²) in [4.78, 5) is 9.20. The number of piperidine rings is 1. The number of rotatable bonds is 3. The number of pyridine rings is 1. The lowest BCUT2D eigenvalue weighted by molar-refractivity contribution is 0.247. The molecule has 0 bridgehead atoms. The lowest BCUT2D eigenvalue weighted by atomic mass is 10.0. The Morgan fingerprint density at radius 1 is 1.50 bits per heavy atom. The van der Waals surface area contributed by atoms with E-state index < -0.39 is 0 Å². The zero-order chi connectivity index (χ0) is 13.1. The number of hydrogen-bond acceptors (Lipinski definition) is 4. The van der Waals surface area contributed by atoms with Gasteiger partial charge in [-0.2, -0.15) is 0 Å². The van der Waals surface area contributed by atoms with Gasteiger partial charge in [0.05, 0.1) is 6.61 Å². The fourth-order valence-corrected chi connectivity index (χ4v) is 2.64. The molecule has 0 aliphatic carbocycles. The molecule has 1 aliphatic heterocycles. The smallest absolute Gasteiger partial charge is 0.129 e. The number of aryl methyl sites for hydroxylation is 1. The number of likely N-dealkylation sites (tertiary alicyclic amines) is 1. The second-order valence-corrected chi connectivity index (χ2v) is 5.30. The van der Waals surface area contributed by atoms with E-state index in [1.807, 2.05) is 19.1 Å². The summed E-state index contributed by atoms with van der Waals surface area (Å²) in [7, 11) is 4.27. The van der Waals surface area contributed by atoms with E-state index in [0.29, 0.717) is 6.04 Å². The zero-order valence-electron chi connectivity index (χ0n) is 11.6. The van der Waals surface area contributed by atoms with Crippen LogP contribution in [0.25, 0.3) is 0 Å². The first-order valence-electron chi connectivity index (χ1n) is 6.60. The molecule has 1 aromatic heterocycles. The van der Waals surface area contributed by atoms with Crippen molar-refractivity contribution < 1.29 is 5.11 Å². The Morgan fingerprint density at radius 2 is 2.28 bits per heavy atom. The molecular weight excluding hydrogens is 226 g/mol. The normalized spacial score (nSPS) is 21.0. The number of aliphatic hydroxyl groups is 1. The highest BCUT2D eigenvalue weighted by Gasteiger charge is 2.22. The molecule has 0 saturated carbocycles. The Kier molecular flexibility index (Phi) is 4.19. The van der Waals surface area contributed by atoms with Crippen LogP contribution in [0.15, 0.2) is 12.1 Å². The fraction of sp³-hybridized carbons (Fsp3) is 0.643. The van der Waals surface area contributed by atoms with Crippen molar-refractivity contribution in [1.29, 1.82) is 0 Å². The molecule has 2 heterocycles. The first-order chi connectivity index (χ1) is 8.60. The maximum Gasteiger partial charge on any atom is 0.129 e. The third-order valence-electron chi connectivity index (χ3n) is 3.69. The van der Waals surface area contributed by atoms with E-state index in [-0.39, 0.29) is 6.61 Å². The standard InChI is InChI=1S/C14H23N3O/c1-11-7-12(10-18)8-14(15-11)17(3)13-5-4-6-16(2)9-13/h7-8,13,18H,4-6,9-10H2,1-3H3. The predicted molar refractivity (Wildman–Crippen MR) is 73.8 cm³/mol. The van der Waals surface area contributed by atoms with Crippen LogP contribution < -0.4 is 4.90 Å². The second-order valence-electron chi connectivity index (χ2n) is 5.30. The average molecular weight is 249 g/mol. The van der Waals surface area contributed by atoms with Crippen LogP contribution in [0.3, 0.4) is 0 Å². The molecule has 1 N–H and O–H groups in total. The highest BCUT2D eigenvalue weighted by Crippen LogP contribution is 2.21. The first-order valence-corrected chi connectivity index (χ1v) is 6.60. The molecule has 4 nitrogen and oxygen atoms in total. The highest BCUT2D eigenvalue weighted by atomic mass is 16.3. The molecule has 0 aromatic carbocycles. The van der Waals surface area contributed by atoms with Gasteiger partial charge < -0.3 is 14.9 Å². The number of likely N-dealkylation sites (N-methyl/N-ethyl adjacent to an activating group) is 2. The minimum atomic E-state index is 0.0781. The number of aliphatic hydroxyl groups excluding tert-OH is 1. The van der Waals surface area contributed by atoms with Crippen molar-refractivity contribution in [2.45, 2.75) is 32.4 Å². The summed E-state index contributed by atoms with van der Waals surface area (Å²) in [6, 6.07) is 4.44. The quantitative estimate of drug-likeness (QED) is 0.879. The molecule has 0 amide bonds. The van der Waals surface area contributed by atoms with Gasteiger partial charge in [-0.25, -0.2) is 4.98 Å². The third-order valence-corrected chi connectivity index (χ3v) is 3.69. The summed E-state index contributed by atoms with van der Waals surface area (Å²) < 4.78 is 0. The van der Waals surface area contributed by atoms with Gasteiger partial charge in [-0.05, 0) is 51.1 Å². The summed E-state index contributed by atoms with van der Waals surface area (Å²) in [5.74, 6) is 0.972. The van der Waals surface area contributed by atoms with E-state index >= 15 is 0 Å². The van der Waals surface area contributed by atoms with Gasteiger partial charge in [0.1, 0.15) is 5.82 Å². The van der Waals surface area contributed by atoms with Crippen molar-refractivity contribution >= 4 is 5.82 Å². The lowest BCUT2D eigenvalue weighted by Gasteiger charge is -2.36. The highest BCUT2D eigenvalue weighted by molar-refractivity contribution is 5.43. The second kappa shape index (κ2) is 5.67. The predicted octanol–water partition coefficient (Wildman–Crippen LogP) is 1.41. The van der Waals surface area contributed by atoms with E-state index in [4.69, 9.17) is 0 Å². The monoisotopic (exact) mass is 249 g/mol. The minimum Gasteiger partial charge on any atom is -0.392 e. The largest absolute Gasteiger partial charge is 0.392 e. The summed E-state index contributed by atoms with van der Waals surface area (Å²) >= 11 is 0. The lowest BCUT2D eigenvalue weighted by Crippen LogP contribution is -2.45. The van der Waals surface area contributed by atoms with E-state index in [1.54, 1.807) is 0 Å². The summed E-state index contributed by atoms with van der Waals surface area (Å²) in [5, 5.41) is 9.27. The van der Waals surface area contributed by atoms with E-state index in [1.165, 1.54) is 19.4 Å². The van der Waals surface area contributed by atoms with Gasteiger partial charge in [0, 0.05) is 25.3 Å². The van der Waals surface area contributed by atoms with Crippen molar-refractivity contribution in [2.24, 2.45) is 0 Å². The molecule has 1 unspecified atom stereocenters. The van der Waals surface area contributed by atoms with Crippen molar-refractivity contribution in [3.8, 4) is 0 Å². The van der Waals surface area contributed by atoms with Gasteiger partial charge in [0.2, 0.25) is 0 Å². The van der Waals surface area contributed by atoms with Crippen LogP contribution in [-0.4, -0.2) is 48.2 Å². The zero-order valence-corrected chi connectivity index (χ0v) is 11.6. The van der Waals surface area contributed by atoms with Crippen LogP contribution in [-0.2, 0) is 6.61 Å². The Labute approximate surface area is 109 Å². The topological polar surface area (TPSA) is 39.6 Å². The van der Waals surface area contributed by atoms with Crippen molar-refractivity contribution in [2.75, 3.05) is 32.1 Å². The Hall–Kier alpha value is -1.13. The maximum atomic E-state index is 9.27. The molecule has 1 atom stereocenters. The van der Waals surface area contributed by atoms with Crippen LogP contribution in [0.5, 0.6) is 0 Å². The average Bonchev–Trinajstić information content (AvgIpc) is 2.37. The van der Waals surface area contributed by atoms with Gasteiger partial charge in [-0.15, -0.1) is 0 Å².